The van der Waals surface area contributed by atoms with Crippen LogP contribution < -0.4 is 5.73 Å². The molecule has 2 heteroatoms. The highest BCUT2D eigenvalue weighted by Crippen LogP contribution is 2.36. The minimum absolute atomic E-state index is 0.621. The van der Waals surface area contributed by atoms with Crippen molar-refractivity contribution in [3.63, 3.8) is 0 Å². The van der Waals surface area contributed by atoms with E-state index < -0.39 is 0 Å². The van der Waals surface area contributed by atoms with E-state index in [-0.39, 0.29) is 0 Å². The number of hydrogen-bond donors (Lipinski definition) is 1. The predicted molar refractivity (Wildman–Crippen MR) is 78.5 cm³/mol. The number of piperidine rings is 1. The van der Waals surface area contributed by atoms with Gasteiger partial charge in [-0.15, -0.1) is 0 Å². The van der Waals surface area contributed by atoms with E-state index in [1.54, 1.807) is 0 Å². The number of fused-ring (bicyclic) bond motifs is 2. The van der Waals surface area contributed by atoms with Crippen LogP contribution in [0.3, 0.4) is 0 Å². The molecule has 0 amide bonds. The fourth-order valence-electron chi connectivity index (χ4n) is 4.38. The molecule has 2 bridgehead atoms. The van der Waals surface area contributed by atoms with E-state index in [4.69, 9.17) is 5.73 Å². The Morgan fingerprint density at radius 2 is 1.72 bits per heavy atom. The van der Waals surface area contributed by atoms with Crippen LogP contribution in [-0.2, 0) is 0 Å². The largest absolute Gasteiger partial charge is 0.329 e. The minimum Gasteiger partial charge on any atom is -0.329 e. The molecule has 0 spiro atoms. The smallest absolute Gasteiger partial charge is 0.0244 e. The summed E-state index contributed by atoms with van der Waals surface area (Å²) in [7, 11) is 0. The number of nitrogens with two attached hydrogens (primary N) is 1. The van der Waals surface area contributed by atoms with Gasteiger partial charge < -0.3 is 5.73 Å². The van der Waals surface area contributed by atoms with Crippen molar-refractivity contribution in [1.82, 2.24) is 4.90 Å². The fraction of sp³-hybridized carbons (Fsp3) is 1.00. The summed E-state index contributed by atoms with van der Waals surface area (Å²) >= 11 is 0. The first-order valence-corrected chi connectivity index (χ1v) is 8.04. The molecule has 106 valence electrons. The zero-order chi connectivity index (χ0) is 13.1. The Labute approximate surface area is 113 Å². The third-order valence-corrected chi connectivity index (χ3v) is 5.09. The van der Waals surface area contributed by atoms with Crippen LogP contribution in [0.4, 0.5) is 0 Å². The zero-order valence-electron chi connectivity index (χ0n) is 12.6. The van der Waals surface area contributed by atoms with Crippen molar-refractivity contribution in [3.8, 4) is 0 Å². The van der Waals surface area contributed by atoms with Gasteiger partial charge in [0.1, 0.15) is 0 Å². The lowest BCUT2D eigenvalue weighted by molar-refractivity contribution is 0.0337. The van der Waals surface area contributed by atoms with Crippen LogP contribution in [0.5, 0.6) is 0 Å². The van der Waals surface area contributed by atoms with Crippen LogP contribution >= 0.6 is 0 Å². The van der Waals surface area contributed by atoms with Gasteiger partial charge in [0.05, 0.1) is 0 Å². The van der Waals surface area contributed by atoms with E-state index in [9.17, 15) is 0 Å². The summed E-state index contributed by atoms with van der Waals surface area (Å²) in [4.78, 5) is 2.74. The quantitative estimate of drug-likeness (QED) is 0.814. The standard InChI is InChI=1S/C16H32N2/c1-12(2)7-13(3)16(9-17)18-10-14-5-4-6-15(8-14)11-18/h12-16H,4-11,17H2,1-3H3. The SMILES string of the molecule is CC(C)CC(C)C(CN)N1CC2CCCC(C2)C1. The molecule has 1 heterocycles. The average molecular weight is 252 g/mol. The molecular formula is C16H32N2. The van der Waals surface area contributed by atoms with Crippen molar-refractivity contribution in [1.29, 1.82) is 0 Å². The van der Waals surface area contributed by atoms with Crippen molar-refractivity contribution in [2.24, 2.45) is 29.4 Å². The summed E-state index contributed by atoms with van der Waals surface area (Å²) in [5.41, 5.74) is 6.09. The van der Waals surface area contributed by atoms with Crippen LogP contribution in [0.15, 0.2) is 0 Å². The predicted octanol–water partition coefficient (Wildman–Crippen LogP) is 3.12. The first kappa shape index (κ1) is 14.3. The van der Waals surface area contributed by atoms with Crippen molar-refractivity contribution >= 4 is 0 Å². The molecule has 4 atom stereocenters. The second kappa shape index (κ2) is 6.38. The van der Waals surface area contributed by atoms with E-state index >= 15 is 0 Å². The van der Waals surface area contributed by atoms with Crippen molar-refractivity contribution in [3.05, 3.63) is 0 Å². The number of likely N-dealkylation sites (tertiary alicyclic amines) is 1. The Morgan fingerprint density at radius 1 is 1.11 bits per heavy atom. The number of nitrogens with zero attached hydrogens (tertiary/aromatic N) is 1. The van der Waals surface area contributed by atoms with Crippen LogP contribution in [-0.4, -0.2) is 30.6 Å². The highest BCUT2D eigenvalue weighted by molar-refractivity contribution is 4.88. The summed E-state index contributed by atoms with van der Waals surface area (Å²) < 4.78 is 0. The zero-order valence-corrected chi connectivity index (χ0v) is 12.6. The third kappa shape index (κ3) is 3.48. The van der Waals surface area contributed by atoms with Gasteiger partial charge in [-0.05, 0) is 49.4 Å². The van der Waals surface area contributed by atoms with E-state index in [1.165, 1.54) is 45.2 Å². The topological polar surface area (TPSA) is 29.3 Å². The summed E-state index contributed by atoms with van der Waals surface area (Å²) in [6.07, 6.45) is 7.20. The lowest BCUT2D eigenvalue weighted by atomic mass is 9.76. The van der Waals surface area contributed by atoms with Gasteiger partial charge in [0.15, 0.2) is 0 Å². The minimum atomic E-state index is 0.621. The second-order valence-electron chi connectivity index (χ2n) is 7.26. The molecule has 2 N–H and O–H groups in total. The third-order valence-electron chi connectivity index (χ3n) is 5.09. The van der Waals surface area contributed by atoms with Gasteiger partial charge in [0, 0.05) is 25.7 Å². The van der Waals surface area contributed by atoms with Crippen molar-refractivity contribution in [2.75, 3.05) is 19.6 Å². The summed E-state index contributed by atoms with van der Waals surface area (Å²) in [6, 6.07) is 0.621. The van der Waals surface area contributed by atoms with Crippen LogP contribution in [0.2, 0.25) is 0 Å². The van der Waals surface area contributed by atoms with Crippen molar-refractivity contribution < 1.29 is 0 Å². The Kier molecular flexibility index (Phi) is 5.08. The van der Waals surface area contributed by atoms with E-state index in [0.717, 1.165) is 30.2 Å². The first-order chi connectivity index (χ1) is 8.60. The summed E-state index contributed by atoms with van der Waals surface area (Å²) in [6.45, 7) is 10.5. The maximum absolute atomic E-state index is 6.09. The summed E-state index contributed by atoms with van der Waals surface area (Å²) in [5.74, 6) is 3.47. The molecule has 0 aromatic carbocycles. The average Bonchev–Trinajstić information content (AvgIpc) is 2.28. The maximum atomic E-state index is 6.09. The molecule has 0 radical (unpaired) electrons. The first-order valence-electron chi connectivity index (χ1n) is 8.04. The molecule has 0 aromatic rings. The Hall–Kier alpha value is -0.0800. The lowest BCUT2D eigenvalue weighted by Crippen LogP contribution is -2.52. The van der Waals surface area contributed by atoms with Gasteiger partial charge in [-0.2, -0.15) is 0 Å². The van der Waals surface area contributed by atoms with Gasteiger partial charge in [-0.1, -0.05) is 27.2 Å². The lowest BCUT2D eigenvalue weighted by Gasteiger charge is -2.46. The molecule has 4 unspecified atom stereocenters. The Morgan fingerprint density at radius 3 is 2.22 bits per heavy atom. The highest BCUT2D eigenvalue weighted by atomic mass is 15.2. The van der Waals surface area contributed by atoms with Crippen LogP contribution in [0.25, 0.3) is 0 Å². The van der Waals surface area contributed by atoms with E-state index in [0.29, 0.717) is 6.04 Å². The molecular weight excluding hydrogens is 220 g/mol. The maximum Gasteiger partial charge on any atom is 0.0244 e. The second-order valence-corrected chi connectivity index (χ2v) is 7.26. The van der Waals surface area contributed by atoms with Crippen molar-refractivity contribution in [2.45, 2.75) is 58.9 Å². The summed E-state index contributed by atoms with van der Waals surface area (Å²) in [5, 5.41) is 0. The highest BCUT2D eigenvalue weighted by Gasteiger charge is 2.34. The molecule has 1 saturated heterocycles. The molecule has 2 nitrogen and oxygen atoms in total. The molecule has 1 saturated carbocycles. The molecule has 1 aliphatic heterocycles. The van der Waals surface area contributed by atoms with E-state index in [2.05, 4.69) is 25.7 Å². The van der Waals surface area contributed by atoms with Gasteiger partial charge in [0.2, 0.25) is 0 Å². The molecule has 0 aromatic heterocycles. The fourth-order valence-corrected chi connectivity index (χ4v) is 4.38. The molecule has 1 aliphatic carbocycles. The number of rotatable bonds is 5. The van der Waals surface area contributed by atoms with Crippen LogP contribution in [0.1, 0.15) is 52.9 Å². The van der Waals surface area contributed by atoms with Gasteiger partial charge in [-0.25, -0.2) is 0 Å². The number of hydrogen-bond acceptors (Lipinski definition) is 2. The monoisotopic (exact) mass is 252 g/mol. The Balaban J connectivity index is 1.94. The van der Waals surface area contributed by atoms with Crippen LogP contribution in [0, 0.1) is 23.7 Å². The van der Waals surface area contributed by atoms with E-state index in [1.807, 2.05) is 0 Å². The van der Waals surface area contributed by atoms with Gasteiger partial charge in [-0.3, -0.25) is 4.90 Å². The molecule has 2 aliphatic rings. The Bertz CT molecular complexity index is 239. The molecule has 18 heavy (non-hydrogen) atoms. The molecule has 2 fully saturated rings. The van der Waals surface area contributed by atoms with Gasteiger partial charge >= 0.3 is 0 Å². The molecule has 2 rings (SSSR count). The van der Waals surface area contributed by atoms with Gasteiger partial charge in [0.25, 0.3) is 0 Å². The normalized spacial score (nSPS) is 32.5.